The Bertz CT molecular complexity index is 900. The number of methoxy groups -OCH3 is 1. The van der Waals surface area contributed by atoms with E-state index in [4.69, 9.17) is 21.1 Å². The van der Waals surface area contributed by atoms with Crippen molar-refractivity contribution in [2.75, 3.05) is 13.7 Å². The highest BCUT2D eigenvalue weighted by atomic mass is 35.5. The molecule has 9 heteroatoms. The highest BCUT2D eigenvalue weighted by Gasteiger charge is 2.14. The van der Waals surface area contributed by atoms with Crippen molar-refractivity contribution in [3.63, 3.8) is 0 Å². The number of hydrogen-bond acceptors (Lipinski definition) is 5. The predicted octanol–water partition coefficient (Wildman–Crippen LogP) is 2.51. The van der Waals surface area contributed by atoms with Gasteiger partial charge in [-0.05, 0) is 42.0 Å². The molecule has 0 atom stereocenters. The van der Waals surface area contributed by atoms with Crippen molar-refractivity contribution in [2.24, 2.45) is 0 Å². The van der Waals surface area contributed by atoms with Gasteiger partial charge in [-0.15, -0.1) is 0 Å². The highest BCUT2D eigenvalue weighted by molar-refractivity contribution is 6.31. The second-order valence-electron chi connectivity index (χ2n) is 5.34. The van der Waals surface area contributed by atoms with Crippen LogP contribution in [0.3, 0.4) is 0 Å². The minimum atomic E-state index is -0.776. The van der Waals surface area contributed by atoms with Crippen LogP contribution in [-0.2, 0) is 14.3 Å². The molecule has 0 saturated heterocycles. The van der Waals surface area contributed by atoms with Crippen molar-refractivity contribution < 1.29 is 28.2 Å². The van der Waals surface area contributed by atoms with Crippen LogP contribution in [0.15, 0.2) is 48.5 Å². The summed E-state index contributed by atoms with van der Waals surface area (Å²) in [5.41, 5.74) is 4.98. The number of carbonyl (C=O) groups excluding carboxylic acids is 3. The van der Waals surface area contributed by atoms with Gasteiger partial charge >= 0.3 is 5.97 Å². The van der Waals surface area contributed by atoms with Crippen molar-refractivity contribution in [3.8, 4) is 5.75 Å². The Balaban J connectivity index is 1.79. The molecule has 0 radical (unpaired) electrons. The second kappa shape index (κ2) is 10.1. The van der Waals surface area contributed by atoms with E-state index in [9.17, 15) is 18.8 Å². The van der Waals surface area contributed by atoms with E-state index in [-0.39, 0.29) is 11.3 Å². The quantitative estimate of drug-likeness (QED) is 0.437. The summed E-state index contributed by atoms with van der Waals surface area (Å²) < 4.78 is 22.6. The Morgan fingerprint density at radius 3 is 2.50 bits per heavy atom. The number of hydrazine groups is 1. The van der Waals surface area contributed by atoms with E-state index in [2.05, 4.69) is 10.9 Å². The average molecular weight is 407 g/mol. The fourth-order valence-corrected chi connectivity index (χ4v) is 2.18. The van der Waals surface area contributed by atoms with E-state index in [1.807, 2.05) is 0 Å². The van der Waals surface area contributed by atoms with Crippen LogP contribution in [0, 0.1) is 5.82 Å². The number of ether oxygens (including phenoxy) is 2. The number of carbonyl (C=O) groups is 3. The van der Waals surface area contributed by atoms with Crippen molar-refractivity contribution in [2.45, 2.75) is 0 Å². The number of amides is 2. The van der Waals surface area contributed by atoms with Crippen LogP contribution >= 0.6 is 11.6 Å². The van der Waals surface area contributed by atoms with E-state index in [0.717, 1.165) is 6.08 Å². The van der Waals surface area contributed by atoms with Crippen LogP contribution in [0.1, 0.15) is 15.9 Å². The first kappa shape index (κ1) is 20.9. The fourth-order valence-electron chi connectivity index (χ4n) is 2.01. The molecule has 7 nitrogen and oxygen atoms in total. The van der Waals surface area contributed by atoms with E-state index >= 15 is 0 Å². The minimum absolute atomic E-state index is 0.120. The summed E-state index contributed by atoms with van der Waals surface area (Å²) in [6.45, 7) is -0.612. The minimum Gasteiger partial charge on any atom is -0.496 e. The Hall–Kier alpha value is -3.39. The van der Waals surface area contributed by atoms with Crippen molar-refractivity contribution in [1.29, 1.82) is 0 Å². The zero-order chi connectivity index (χ0) is 20.5. The number of hydrogen-bond donors (Lipinski definition) is 2. The van der Waals surface area contributed by atoms with Crippen LogP contribution in [0.4, 0.5) is 4.39 Å². The van der Waals surface area contributed by atoms with Gasteiger partial charge in [0, 0.05) is 11.1 Å². The zero-order valence-electron chi connectivity index (χ0n) is 14.7. The van der Waals surface area contributed by atoms with Gasteiger partial charge in [-0.1, -0.05) is 23.7 Å². The molecule has 2 rings (SSSR count). The van der Waals surface area contributed by atoms with E-state index < -0.39 is 30.2 Å². The first-order chi connectivity index (χ1) is 13.4. The van der Waals surface area contributed by atoms with Crippen molar-refractivity contribution >= 4 is 35.5 Å². The Labute approximate surface area is 165 Å². The van der Waals surface area contributed by atoms with Crippen LogP contribution in [0.5, 0.6) is 5.75 Å². The first-order valence-corrected chi connectivity index (χ1v) is 8.30. The molecule has 28 heavy (non-hydrogen) atoms. The molecule has 2 amide bonds. The molecule has 0 unspecified atom stereocenters. The molecule has 2 N–H and O–H groups in total. The topological polar surface area (TPSA) is 93.7 Å². The number of benzene rings is 2. The second-order valence-corrected chi connectivity index (χ2v) is 5.78. The molecule has 0 bridgehead atoms. The molecule has 0 aliphatic rings. The van der Waals surface area contributed by atoms with Crippen LogP contribution in [0.2, 0.25) is 5.02 Å². The molecule has 146 valence electrons. The molecular weight excluding hydrogens is 391 g/mol. The van der Waals surface area contributed by atoms with E-state index in [1.54, 1.807) is 6.07 Å². The number of halogens is 2. The van der Waals surface area contributed by atoms with Gasteiger partial charge in [0.15, 0.2) is 6.61 Å². The Kier molecular flexibility index (Phi) is 7.53. The van der Waals surface area contributed by atoms with Gasteiger partial charge < -0.3 is 9.47 Å². The monoisotopic (exact) mass is 406 g/mol. The lowest BCUT2D eigenvalue weighted by atomic mass is 10.2. The largest absolute Gasteiger partial charge is 0.496 e. The van der Waals surface area contributed by atoms with Gasteiger partial charge in [0.2, 0.25) is 0 Å². The summed E-state index contributed by atoms with van der Waals surface area (Å²) in [5.74, 6) is -2.31. The summed E-state index contributed by atoms with van der Waals surface area (Å²) in [6, 6.07) is 9.88. The molecule has 0 aromatic heterocycles. The van der Waals surface area contributed by atoms with Crippen LogP contribution in [0.25, 0.3) is 6.08 Å². The average Bonchev–Trinajstić information content (AvgIpc) is 2.69. The van der Waals surface area contributed by atoms with Gasteiger partial charge in [-0.25, -0.2) is 9.18 Å². The zero-order valence-corrected chi connectivity index (χ0v) is 15.5. The van der Waals surface area contributed by atoms with Gasteiger partial charge in [0.25, 0.3) is 11.8 Å². The fraction of sp³-hybridized carbons (Fsp3) is 0.105. The molecule has 2 aromatic rings. The maximum atomic E-state index is 12.8. The lowest BCUT2D eigenvalue weighted by Crippen LogP contribution is -2.43. The maximum absolute atomic E-state index is 12.8. The van der Waals surface area contributed by atoms with Gasteiger partial charge in [-0.2, -0.15) is 0 Å². The first-order valence-electron chi connectivity index (χ1n) is 7.92. The Morgan fingerprint density at radius 2 is 1.82 bits per heavy atom. The van der Waals surface area contributed by atoms with Crippen molar-refractivity contribution in [1.82, 2.24) is 10.9 Å². The number of nitrogens with one attached hydrogen (secondary N) is 2. The van der Waals surface area contributed by atoms with Gasteiger partial charge in [0.1, 0.15) is 11.6 Å². The van der Waals surface area contributed by atoms with Gasteiger partial charge in [-0.3, -0.25) is 20.4 Å². The van der Waals surface area contributed by atoms with E-state index in [1.165, 1.54) is 49.6 Å². The smallest absolute Gasteiger partial charge is 0.331 e. The molecule has 2 aromatic carbocycles. The van der Waals surface area contributed by atoms with Crippen LogP contribution < -0.4 is 15.6 Å². The van der Waals surface area contributed by atoms with Crippen molar-refractivity contribution in [3.05, 3.63) is 70.5 Å². The molecule has 0 aliphatic heterocycles. The third-order valence-corrected chi connectivity index (χ3v) is 3.58. The standard InChI is InChI=1S/C19H16ClFN2O5/c1-27-16-8-5-13(20)10-15(16)19(26)23-22-17(24)11-28-18(25)9-4-12-2-6-14(21)7-3-12/h2-10H,11H2,1H3,(H,22,24)(H,23,26)/b9-4+. The normalized spacial score (nSPS) is 10.4. The predicted molar refractivity (Wildman–Crippen MR) is 100 cm³/mol. The highest BCUT2D eigenvalue weighted by Crippen LogP contribution is 2.22. The van der Waals surface area contributed by atoms with E-state index in [0.29, 0.717) is 10.6 Å². The molecular formula is C19H16ClFN2O5. The Morgan fingerprint density at radius 1 is 1.11 bits per heavy atom. The maximum Gasteiger partial charge on any atom is 0.331 e. The molecule has 0 heterocycles. The summed E-state index contributed by atoms with van der Waals surface area (Å²) in [4.78, 5) is 35.4. The summed E-state index contributed by atoms with van der Waals surface area (Å²) in [7, 11) is 1.39. The molecule has 0 aliphatic carbocycles. The molecule has 0 spiro atoms. The third kappa shape index (κ3) is 6.40. The number of rotatable bonds is 6. The number of esters is 1. The van der Waals surface area contributed by atoms with Gasteiger partial charge in [0.05, 0.1) is 12.7 Å². The summed E-state index contributed by atoms with van der Waals surface area (Å²) in [5, 5.41) is 0.319. The van der Waals surface area contributed by atoms with Crippen LogP contribution in [-0.4, -0.2) is 31.5 Å². The SMILES string of the molecule is COc1ccc(Cl)cc1C(=O)NNC(=O)COC(=O)/C=C/c1ccc(F)cc1. The summed E-state index contributed by atoms with van der Waals surface area (Å²) in [6.07, 6.45) is 2.50. The summed E-state index contributed by atoms with van der Waals surface area (Å²) >= 11 is 5.84. The third-order valence-electron chi connectivity index (χ3n) is 3.35. The molecule has 0 saturated carbocycles. The lowest BCUT2D eigenvalue weighted by Gasteiger charge is -2.10. The molecule has 0 fully saturated rings. The lowest BCUT2D eigenvalue weighted by molar-refractivity contribution is -0.144.